The molecule has 1 aromatic rings. The number of hydrogen-bond donors (Lipinski definition) is 1. The van der Waals surface area contributed by atoms with E-state index in [1.165, 1.54) is 50.8 Å². The molecule has 1 saturated heterocycles. The maximum Gasteiger partial charge on any atom is 0.123 e. The molecule has 1 spiro atoms. The number of nitrogen functional groups attached to an aromatic ring is 1. The molecule has 0 amide bonds. The van der Waals surface area contributed by atoms with Gasteiger partial charge in [-0.3, -0.25) is 4.90 Å². The van der Waals surface area contributed by atoms with Crippen LogP contribution in [0.4, 0.5) is 5.69 Å². The Balaban J connectivity index is 1.63. The molecule has 3 nitrogen and oxygen atoms in total. The minimum atomic E-state index is 0.645. The monoisotopic (exact) mass is 260 g/mol. The van der Waals surface area contributed by atoms with Crippen molar-refractivity contribution in [3.8, 4) is 5.75 Å². The van der Waals surface area contributed by atoms with Gasteiger partial charge >= 0.3 is 0 Å². The first-order chi connectivity index (χ1) is 9.21. The summed E-state index contributed by atoms with van der Waals surface area (Å²) < 4.78 is 5.42. The number of likely N-dealkylation sites (tertiary alicyclic amines) is 1. The minimum Gasteiger partial charge on any atom is -0.496 e. The lowest BCUT2D eigenvalue weighted by Gasteiger charge is -2.52. The molecule has 1 saturated carbocycles. The summed E-state index contributed by atoms with van der Waals surface area (Å²) in [4.78, 5) is 2.53. The molecule has 3 heteroatoms. The molecule has 2 fully saturated rings. The number of rotatable bonds is 3. The van der Waals surface area contributed by atoms with Crippen LogP contribution in [-0.2, 0) is 6.54 Å². The number of benzene rings is 1. The van der Waals surface area contributed by atoms with Crippen LogP contribution in [0.25, 0.3) is 0 Å². The van der Waals surface area contributed by atoms with Gasteiger partial charge in [-0.25, -0.2) is 0 Å². The second kappa shape index (κ2) is 5.04. The molecule has 0 atom stereocenters. The maximum absolute atomic E-state index is 5.88. The van der Waals surface area contributed by atoms with Crippen LogP contribution in [0.1, 0.15) is 37.7 Å². The Morgan fingerprint density at radius 2 is 1.95 bits per heavy atom. The molecule has 0 radical (unpaired) electrons. The smallest absolute Gasteiger partial charge is 0.123 e. The normalized spacial score (nSPS) is 22.2. The molecular formula is C16H24N2O. The Morgan fingerprint density at radius 3 is 2.63 bits per heavy atom. The Labute approximate surface area is 115 Å². The first-order valence-electron chi connectivity index (χ1n) is 7.36. The van der Waals surface area contributed by atoms with Crippen molar-refractivity contribution in [2.45, 2.75) is 38.6 Å². The minimum absolute atomic E-state index is 0.645. The van der Waals surface area contributed by atoms with E-state index in [0.717, 1.165) is 18.0 Å². The Hall–Kier alpha value is -1.22. The van der Waals surface area contributed by atoms with Gasteiger partial charge in [0.2, 0.25) is 0 Å². The Bertz CT molecular complexity index is 444. The number of ether oxygens (including phenoxy) is 1. The average Bonchev–Trinajstić information content (AvgIpc) is 2.38. The van der Waals surface area contributed by atoms with Gasteiger partial charge in [0.25, 0.3) is 0 Å². The summed E-state index contributed by atoms with van der Waals surface area (Å²) >= 11 is 0. The molecule has 104 valence electrons. The predicted molar refractivity (Wildman–Crippen MR) is 78.2 cm³/mol. The highest BCUT2D eigenvalue weighted by atomic mass is 16.5. The number of methoxy groups -OCH3 is 1. The van der Waals surface area contributed by atoms with Crippen LogP contribution in [0.3, 0.4) is 0 Å². The van der Waals surface area contributed by atoms with E-state index >= 15 is 0 Å². The second-order valence-corrected chi connectivity index (χ2v) is 6.28. The summed E-state index contributed by atoms with van der Waals surface area (Å²) in [6, 6.07) is 5.92. The van der Waals surface area contributed by atoms with Gasteiger partial charge in [-0.2, -0.15) is 0 Å². The highest BCUT2D eigenvalue weighted by molar-refractivity contribution is 5.47. The number of anilines is 1. The quantitative estimate of drug-likeness (QED) is 0.849. The topological polar surface area (TPSA) is 38.5 Å². The third kappa shape index (κ3) is 2.57. The molecular weight excluding hydrogens is 236 g/mol. The molecule has 1 aromatic carbocycles. The molecule has 0 aromatic heterocycles. The van der Waals surface area contributed by atoms with Gasteiger partial charge < -0.3 is 10.5 Å². The highest BCUT2D eigenvalue weighted by Gasteiger charge is 2.43. The zero-order valence-electron chi connectivity index (χ0n) is 11.8. The molecule has 3 rings (SSSR count). The molecule has 0 bridgehead atoms. The van der Waals surface area contributed by atoms with E-state index in [2.05, 4.69) is 4.90 Å². The van der Waals surface area contributed by atoms with E-state index in [4.69, 9.17) is 10.5 Å². The molecule has 1 aliphatic heterocycles. The number of nitrogens with zero attached hydrogens (tertiary/aromatic N) is 1. The molecule has 1 aliphatic carbocycles. The van der Waals surface area contributed by atoms with Crippen LogP contribution in [-0.4, -0.2) is 25.1 Å². The molecule has 0 unspecified atom stereocenters. The second-order valence-electron chi connectivity index (χ2n) is 6.28. The summed E-state index contributed by atoms with van der Waals surface area (Å²) in [7, 11) is 1.73. The summed E-state index contributed by atoms with van der Waals surface area (Å²) in [5, 5.41) is 0. The maximum atomic E-state index is 5.88. The van der Waals surface area contributed by atoms with Crippen molar-refractivity contribution in [1.82, 2.24) is 4.90 Å². The van der Waals surface area contributed by atoms with Crippen molar-refractivity contribution >= 4 is 5.69 Å². The van der Waals surface area contributed by atoms with Crippen molar-refractivity contribution in [1.29, 1.82) is 0 Å². The van der Waals surface area contributed by atoms with Crippen LogP contribution >= 0.6 is 0 Å². The average molecular weight is 260 g/mol. The first-order valence-corrected chi connectivity index (χ1v) is 7.36. The summed E-state index contributed by atoms with van der Waals surface area (Å²) in [6.45, 7) is 3.48. The number of nitrogens with two attached hydrogens (primary N) is 1. The molecule has 2 aliphatic rings. The largest absolute Gasteiger partial charge is 0.496 e. The van der Waals surface area contributed by atoms with E-state index < -0.39 is 0 Å². The fourth-order valence-corrected chi connectivity index (χ4v) is 3.80. The van der Waals surface area contributed by atoms with Crippen LogP contribution in [0.15, 0.2) is 18.2 Å². The number of hydrogen-bond acceptors (Lipinski definition) is 3. The van der Waals surface area contributed by atoms with Gasteiger partial charge in [0.1, 0.15) is 5.75 Å². The first kappa shape index (κ1) is 12.8. The van der Waals surface area contributed by atoms with Crippen molar-refractivity contribution in [3.63, 3.8) is 0 Å². The zero-order chi connectivity index (χ0) is 13.3. The Morgan fingerprint density at radius 1 is 1.21 bits per heavy atom. The van der Waals surface area contributed by atoms with E-state index in [1.54, 1.807) is 7.11 Å². The lowest BCUT2D eigenvalue weighted by atomic mass is 9.68. The van der Waals surface area contributed by atoms with Gasteiger partial charge in [0.15, 0.2) is 0 Å². The highest BCUT2D eigenvalue weighted by Crippen LogP contribution is 2.44. The van der Waals surface area contributed by atoms with Crippen molar-refractivity contribution < 1.29 is 4.74 Å². The molecule has 2 N–H and O–H groups in total. The van der Waals surface area contributed by atoms with Crippen LogP contribution in [0.2, 0.25) is 0 Å². The third-order valence-electron chi connectivity index (χ3n) is 4.73. The van der Waals surface area contributed by atoms with Crippen molar-refractivity contribution in [3.05, 3.63) is 23.8 Å². The van der Waals surface area contributed by atoms with E-state index in [9.17, 15) is 0 Å². The third-order valence-corrected chi connectivity index (χ3v) is 4.73. The van der Waals surface area contributed by atoms with Crippen molar-refractivity contribution in [2.75, 3.05) is 25.9 Å². The predicted octanol–water partition coefficient (Wildman–Crippen LogP) is 3.04. The summed E-state index contributed by atoms with van der Waals surface area (Å²) in [6.07, 6.45) is 7.14. The Kier molecular flexibility index (Phi) is 3.40. The van der Waals surface area contributed by atoms with Gasteiger partial charge in [0.05, 0.1) is 7.11 Å². The van der Waals surface area contributed by atoms with Crippen molar-refractivity contribution in [2.24, 2.45) is 5.41 Å². The zero-order valence-corrected chi connectivity index (χ0v) is 11.8. The van der Waals surface area contributed by atoms with Gasteiger partial charge in [-0.1, -0.05) is 19.3 Å². The standard InChI is InChI=1S/C16H24N2O/c1-19-15-6-5-14(17)9-13(15)10-18-11-16(12-18)7-3-2-4-8-16/h5-6,9H,2-4,7-8,10-12,17H2,1H3. The van der Waals surface area contributed by atoms with Gasteiger partial charge in [-0.15, -0.1) is 0 Å². The molecule has 1 heterocycles. The lowest BCUT2D eigenvalue weighted by molar-refractivity contribution is -0.0335. The van der Waals surface area contributed by atoms with E-state index in [0.29, 0.717) is 5.41 Å². The SMILES string of the molecule is COc1ccc(N)cc1CN1CC2(CCCCC2)C1. The fourth-order valence-electron chi connectivity index (χ4n) is 3.80. The van der Waals surface area contributed by atoms with Gasteiger partial charge in [0, 0.05) is 30.9 Å². The van der Waals surface area contributed by atoms with Crippen LogP contribution < -0.4 is 10.5 Å². The van der Waals surface area contributed by atoms with E-state index in [-0.39, 0.29) is 0 Å². The van der Waals surface area contributed by atoms with E-state index in [1.807, 2.05) is 18.2 Å². The van der Waals surface area contributed by atoms with Gasteiger partial charge in [-0.05, 0) is 36.5 Å². The fraction of sp³-hybridized carbons (Fsp3) is 0.625. The van der Waals surface area contributed by atoms with Crippen LogP contribution in [0.5, 0.6) is 5.75 Å². The lowest BCUT2D eigenvalue weighted by Crippen LogP contribution is -2.56. The van der Waals surface area contributed by atoms with Crippen LogP contribution in [0, 0.1) is 5.41 Å². The molecule has 19 heavy (non-hydrogen) atoms. The summed E-state index contributed by atoms with van der Waals surface area (Å²) in [5.74, 6) is 0.957. The summed E-state index contributed by atoms with van der Waals surface area (Å²) in [5.41, 5.74) is 8.56.